The molecule has 0 aromatic rings. The molecule has 0 aliphatic carbocycles. The summed E-state index contributed by atoms with van der Waals surface area (Å²) in [4.78, 5) is 22.8. The molecule has 0 spiro atoms. The van der Waals surface area contributed by atoms with Gasteiger partial charge in [0, 0.05) is 6.42 Å². The summed E-state index contributed by atoms with van der Waals surface area (Å²) in [5.41, 5.74) is 0. The smallest absolute Gasteiger partial charge is 0.328 e. The molecule has 29 heavy (non-hydrogen) atoms. The van der Waals surface area contributed by atoms with Gasteiger partial charge < -0.3 is 10.1 Å². The first-order valence-corrected chi connectivity index (χ1v) is 12.7. The van der Waals surface area contributed by atoms with E-state index >= 15 is 0 Å². The molecule has 0 radical (unpaired) electrons. The van der Waals surface area contributed by atoms with Crippen molar-refractivity contribution in [2.45, 2.75) is 141 Å². The van der Waals surface area contributed by atoms with Gasteiger partial charge >= 0.3 is 5.97 Å². The highest BCUT2D eigenvalue weighted by Gasteiger charge is 2.28. The number of carbonyl (C=O) groups excluding carboxylic acids is 2. The zero-order chi connectivity index (χ0) is 21.0. The van der Waals surface area contributed by atoms with Gasteiger partial charge in [0.2, 0.25) is 5.91 Å². The number of amides is 1. The van der Waals surface area contributed by atoms with E-state index in [4.69, 9.17) is 4.74 Å². The molecule has 1 aliphatic rings. The summed E-state index contributed by atoms with van der Waals surface area (Å²) in [5, 5.41) is 2.65. The summed E-state index contributed by atoms with van der Waals surface area (Å²) >= 11 is 0. The van der Waals surface area contributed by atoms with Crippen LogP contribution in [0.2, 0.25) is 0 Å². The molecule has 1 atom stereocenters. The predicted octanol–water partition coefficient (Wildman–Crippen LogP) is 6.85. The molecule has 1 aliphatic heterocycles. The van der Waals surface area contributed by atoms with Crippen LogP contribution in [-0.2, 0) is 14.3 Å². The molecule has 170 valence electrons. The maximum atomic E-state index is 11.7. The van der Waals surface area contributed by atoms with E-state index in [-0.39, 0.29) is 11.9 Å². The van der Waals surface area contributed by atoms with Gasteiger partial charge in [-0.05, 0) is 12.8 Å². The number of rotatable bonds is 20. The van der Waals surface area contributed by atoms with Crippen LogP contribution in [-0.4, -0.2) is 24.5 Å². The van der Waals surface area contributed by atoms with Gasteiger partial charge in [0.05, 0.1) is 6.61 Å². The summed E-state index contributed by atoms with van der Waals surface area (Å²) in [5.74, 6) is -0.303. The summed E-state index contributed by atoms with van der Waals surface area (Å²) in [6.45, 7) is 2.77. The molecule has 4 heteroatoms. The molecule has 1 saturated heterocycles. The molecule has 1 rings (SSSR count). The van der Waals surface area contributed by atoms with Gasteiger partial charge in [-0.3, -0.25) is 4.79 Å². The van der Waals surface area contributed by atoms with Crippen molar-refractivity contribution >= 4 is 11.9 Å². The first kappa shape index (κ1) is 26.0. The largest absolute Gasteiger partial charge is 0.464 e. The number of hydrogen-bond acceptors (Lipinski definition) is 3. The fourth-order valence-corrected chi connectivity index (χ4v) is 4.07. The van der Waals surface area contributed by atoms with Gasteiger partial charge in [-0.1, -0.05) is 116 Å². The van der Waals surface area contributed by atoms with Gasteiger partial charge in [-0.2, -0.15) is 0 Å². The second kappa shape index (κ2) is 18.9. The number of hydrogen-bond donors (Lipinski definition) is 1. The molecule has 1 unspecified atom stereocenters. The van der Waals surface area contributed by atoms with E-state index in [1.165, 1.54) is 103 Å². The van der Waals surface area contributed by atoms with Crippen LogP contribution in [0.3, 0.4) is 0 Å². The van der Waals surface area contributed by atoms with Gasteiger partial charge in [-0.15, -0.1) is 0 Å². The minimum Gasteiger partial charge on any atom is -0.464 e. The molecule has 1 amide bonds. The van der Waals surface area contributed by atoms with Crippen molar-refractivity contribution in [2.75, 3.05) is 6.61 Å². The lowest BCUT2D eigenvalue weighted by atomic mass is 10.0. The first-order valence-electron chi connectivity index (χ1n) is 12.7. The molecule has 4 nitrogen and oxygen atoms in total. The van der Waals surface area contributed by atoms with E-state index in [1.807, 2.05) is 0 Å². The van der Waals surface area contributed by atoms with E-state index in [2.05, 4.69) is 12.2 Å². The molecular weight excluding hydrogens is 362 g/mol. The maximum absolute atomic E-state index is 11.7. The Balaban J connectivity index is 1.70. The lowest BCUT2D eigenvalue weighted by molar-refractivity contribution is -0.146. The summed E-state index contributed by atoms with van der Waals surface area (Å²) < 4.78 is 5.25. The van der Waals surface area contributed by atoms with Gasteiger partial charge in [0.15, 0.2) is 0 Å². The number of unbranched alkanes of at least 4 members (excludes halogenated alkanes) is 17. The van der Waals surface area contributed by atoms with Crippen LogP contribution in [0.15, 0.2) is 0 Å². The second-order valence-corrected chi connectivity index (χ2v) is 8.84. The highest BCUT2D eigenvalue weighted by molar-refractivity contribution is 5.87. The Labute approximate surface area is 179 Å². The minimum atomic E-state index is -0.405. The van der Waals surface area contributed by atoms with Crippen LogP contribution in [0.1, 0.15) is 135 Å². The molecule has 0 bridgehead atoms. The van der Waals surface area contributed by atoms with Crippen LogP contribution in [0, 0.1) is 0 Å². The van der Waals surface area contributed by atoms with Crippen LogP contribution < -0.4 is 5.32 Å². The molecule has 0 saturated carbocycles. The topological polar surface area (TPSA) is 55.4 Å². The number of ether oxygens (including phenoxy) is 1. The van der Waals surface area contributed by atoms with E-state index in [1.54, 1.807) is 0 Å². The predicted molar refractivity (Wildman–Crippen MR) is 121 cm³/mol. The van der Waals surface area contributed by atoms with E-state index in [9.17, 15) is 9.59 Å². The van der Waals surface area contributed by atoms with Crippen molar-refractivity contribution in [3.63, 3.8) is 0 Å². The van der Waals surface area contributed by atoms with Crippen molar-refractivity contribution in [1.82, 2.24) is 5.32 Å². The second-order valence-electron chi connectivity index (χ2n) is 8.84. The van der Waals surface area contributed by atoms with Crippen LogP contribution >= 0.6 is 0 Å². The fourth-order valence-electron chi connectivity index (χ4n) is 4.07. The zero-order valence-corrected chi connectivity index (χ0v) is 19.2. The highest BCUT2D eigenvalue weighted by atomic mass is 16.5. The molecule has 0 aromatic carbocycles. The Morgan fingerprint density at radius 3 is 1.55 bits per heavy atom. The molecule has 1 heterocycles. The molecule has 1 N–H and O–H groups in total. The van der Waals surface area contributed by atoms with E-state index < -0.39 is 6.04 Å². The van der Waals surface area contributed by atoms with Crippen molar-refractivity contribution in [3.05, 3.63) is 0 Å². The van der Waals surface area contributed by atoms with Crippen LogP contribution in [0.5, 0.6) is 0 Å². The Bertz CT molecular complexity index is 411. The van der Waals surface area contributed by atoms with Crippen LogP contribution in [0.25, 0.3) is 0 Å². The maximum Gasteiger partial charge on any atom is 0.328 e. The average molecular weight is 410 g/mol. The molecule has 0 aromatic heterocycles. The number of nitrogens with one attached hydrogen (secondary N) is 1. The SMILES string of the molecule is CCCCCCCCCCCCCCCCCCCCOC(=O)C1CCC(=O)N1. The Morgan fingerprint density at radius 1 is 0.759 bits per heavy atom. The quantitative estimate of drug-likeness (QED) is 0.177. The van der Waals surface area contributed by atoms with E-state index in [0.717, 1.165) is 12.8 Å². The van der Waals surface area contributed by atoms with Crippen molar-refractivity contribution in [2.24, 2.45) is 0 Å². The Kier molecular flexibility index (Phi) is 17.0. The number of carbonyl (C=O) groups is 2. The lowest BCUT2D eigenvalue weighted by Gasteiger charge is -2.09. The average Bonchev–Trinajstić information content (AvgIpc) is 3.16. The monoisotopic (exact) mass is 409 g/mol. The Morgan fingerprint density at radius 2 is 1.17 bits per heavy atom. The summed E-state index contributed by atoms with van der Waals surface area (Å²) in [6, 6.07) is -0.405. The normalized spacial score (nSPS) is 16.2. The van der Waals surface area contributed by atoms with Crippen molar-refractivity contribution in [3.8, 4) is 0 Å². The summed E-state index contributed by atoms with van der Waals surface area (Å²) in [7, 11) is 0. The zero-order valence-electron chi connectivity index (χ0n) is 19.2. The first-order chi connectivity index (χ1) is 14.2. The van der Waals surface area contributed by atoms with E-state index in [0.29, 0.717) is 19.4 Å². The third-order valence-electron chi connectivity index (χ3n) is 6.02. The highest BCUT2D eigenvalue weighted by Crippen LogP contribution is 2.14. The number of esters is 1. The van der Waals surface area contributed by atoms with Crippen LogP contribution in [0.4, 0.5) is 0 Å². The fraction of sp³-hybridized carbons (Fsp3) is 0.920. The third kappa shape index (κ3) is 15.4. The van der Waals surface area contributed by atoms with Gasteiger partial charge in [0.25, 0.3) is 0 Å². The van der Waals surface area contributed by atoms with Crippen molar-refractivity contribution < 1.29 is 14.3 Å². The van der Waals surface area contributed by atoms with Gasteiger partial charge in [0.1, 0.15) is 6.04 Å². The third-order valence-corrected chi connectivity index (χ3v) is 6.02. The minimum absolute atomic E-state index is 0.0416. The molecular formula is C25H47NO3. The van der Waals surface area contributed by atoms with Crippen molar-refractivity contribution in [1.29, 1.82) is 0 Å². The van der Waals surface area contributed by atoms with Gasteiger partial charge in [-0.25, -0.2) is 4.79 Å². The molecule has 1 fully saturated rings. The Hall–Kier alpha value is -1.06. The lowest BCUT2D eigenvalue weighted by Crippen LogP contribution is -2.34. The standard InChI is InChI=1S/C25H47NO3/c1-2-3-4-5-6-7-8-9-10-11-12-13-14-15-16-17-18-19-22-29-25(28)23-20-21-24(27)26-23/h23H,2-22H2,1H3,(H,26,27). The summed E-state index contributed by atoms with van der Waals surface area (Å²) in [6.07, 6.45) is 25.4.